The van der Waals surface area contributed by atoms with E-state index in [2.05, 4.69) is 37.2 Å². The molecule has 2 aromatic rings. The van der Waals surface area contributed by atoms with Crippen molar-refractivity contribution in [2.75, 3.05) is 11.9 Å². The minimum absolute atomic E-state index is 0.0881. The smallest absolute Gasteiger partial charge is 0.348 e. The predicted octanol–water partition coefficient (Wildman–Crippen LogP) is 4.29. The molecule has 0 atom stereocenters. The van der Waals surface area contributed by atoms with Gasteiger partial charge in [-0.1, -0.05) is 12.1 Å². The van der Waals surface area contributed by atoms with E-state index in [9.17, 15) is 19.7 Å². The van der Waals surface area contributed by atoms with Crippen LogP contribution in [0.3, 0.4) is 0 Å². The third-order valence-electron chi connectivity index (χ3n) is 2.89. The van der Waals surface area contributed by atoms with Gasteiger partial charge in [0.1, 0.15) is 10.6 Å². The van der Waals surface area contributed by atoms with Crippen LogP contribution in [0, 0.1) is 17.0 Å². The minimum Gasteiger partial charge on any atom is -0.451 e. The first-order valence-corrected chi connectivity index (χ1v) is 8.85. The number of ether oxygens (including phenoxy) is 1. The van der Waals surface area contributed by atoms with Gasteiger partial charge in [0.2, 0.25) is 0 Å². The second-order valence-electron chi connectivity index (χ2n) is 4.58. The number of aryl methyl sites for hydroxylation is 1. The van der Waals surface area contributed by atoms with E-state index >= 15 is 0 Å². The molecule has 1 N–H and O–H groups in total. The Morgan fingerprint density at radius 2 is 2.08 bits per heavy atom. The van der Waals surface area contributed by atoms with Crippen molar-refractivity contribution >= 4 is 66.4 Å². The van der Waals surface area contributed by atoms with Gasteiger partial charge in [0.15, 0.2) is 6.61 Å². The molecule has 0 saturated carbocycles. The number of hydrogen-bond donors (Lipinski definition) is 1. The highest BCUT2D eigenvalue weighted by atomic mass is 79.9. The Morgan fingerprint density at radius 1 is 1.38 bits per heavy atom. The first-order valence-electron chi connectivity index (χ1n) is 6.45. The first-order chi connectivity index (χ1) is 11.3. The summed E-state index contributed by atoms with van der Waals surface area (Å²) in [6.45, 7) is 1.09. The molecule has 10 heteroatoms. The van der Waals surface area contributed by atoms with E-state index < -0.39 is 23.4 Å². The van der Waals surface area contributed by atoms with Crippen molar-refractivity contribution in [3.63, 3.8) is 0 Å². The van der Waals surface area contributed by atoms with E-state index in [1.165, 1.54) is 12.1 Å². The van der Waals surface area contributed by atoms with Crippen LogP contribution < -0.4 is 5.32 Å². The SMILES string of the molecule is Cc1cccc([N+](=O)[O-])c1NC(=O)COC(=O)c1cc(Br)c(Br)s1. The van der Waals surface area contributed by atoms with E-state index in [0.717, 1.165) is 15.1 Å². The largest absolute Gasteiger partial charge is 0.451 e. The van der Waals surface area contributed by atoms with Crippen molar-refractivity contribution in [2.45, 2.75) is 6.92 Å². The summed E-state index contributed by atoms with van der Waals surface area (Å²) >= 11 is 7.67. The molecule has 0 aliphatic carbocycles. The average molecular weight is 478 g/mol. The highest BCUT2D eigenvalue weighted by molar-refractivity contribution is 9.13. The van der Waals surface area contributed by atoms with Gasteiger partial charge in [-0.3, -0.25) is 14.9 Å². The number of hydrogen-bond acceptors (Lipinski definition) is 6. The lowest BCUT2D eigenvalue weighted by Gasteiger charge is -2.09. The van der Waals surface area contributed by atoms with Crippen LogP contribution in [0.1, 0.15) is 15.2 Å². The van der Waals surface area contributed by atoms with Gasteiger partial charge in [-0.2, -0.15) is 0 Å². The fourth-order valence-electron chi connectivity index (χ4n) is 1.79. The summed E-state index contributed by atoms with van der Waals surface area (Å²) in [7, 11) is 0. The molecule has 0 fully saturated rings. The number of benzene rings is 1. The maximum absolute atomic E-state index is 11.9. The summed E-state index contributed by atoms with van der Waals surface area (Å²) in [6, 6.07) is 6.02. The van der Waals surface area contributed by atoms with Gasteiger partial charge in [-0.05, 0) is 50.4 Å². The summed E-state index contributed by atoms with van der Waals surface area (Å²) in [6.07, 6.45) is 0. The van der Waals surface area contributed by atoms with Gasteiger partial charge >= 0.3 is 5.97 Å². The number of halogens is 2. The van der Waals surface area contributed by atoms with Crippen LogP contribution in [0.15, 0.2) is 32.5 Å². The highest BCUT2D eigenvalue weighted by Gasteiger charge is 2.19. The third kappa shape index (κ3) is 4.40. The van der Waals surface area contributed by atoms with Crippen LogP contribution in [-0.4, -0.2) is 23.4 Å². The molecule has 2 rings (SSSR count). The Labute approximate surface area is 157 Å². The van der Waals surface area contributed by atoms with Gasteiger partial charge in [-0.25, -0.2) is 4.79 Å². The molecule has 0 bridgehead atoms. The lowest BCUT2D eigenvalue weighted by molar-refractivity contribution is -0.384. The Kier molecular flexibility index (Phi) is 6.08. The zero-order valence-electron chi connectivity index (χ0n) is 12.2. The quantitative estimate of drug-likeness (QED) is 0.393. The fraction of sp³-hybridized carbons (Fsp3) is 0.143. The molecule has 1 aromatic heterocycles. The van der Waals surface area contributed by atoms with Crippen LogP contribution in [0.5, 0.6) is 0 Å². The number of carbonyl (C=O) groups excluding carboxylic acids is 2. The Balaban J connectivity index is 2.02. The van der Waals surface area contributed by atoms with Gasteiger partial charge in [0.25, 0.3) is 11.6 Å². The van der Waals surface area contributed by atoms with Crippen molar-refractivity contribution in [3.8, 4) is 0 Å². The molecule has 7 nitrogen and oxygen atoms in total. The summed E-state index contributed by atoms with van der Waals surface area (Å²) in [5.41, 5.74) is 0.404. The van der Waals surface area contributed by atoms with Crippen LogP contribution in [0.4, 0.5) is 11.4 Å². The second kappa shape index (κ2) is 7.86. The molecule has 1 amide bonds. The number of amides is 1. The van der Waals surface area contributed by atoms with Gasteiger partial charge in [-0.15, -0.1) is 11.3 Å². The monoisotopic (exact) mass is 476 g/mol. The van der Waals surface area contributed by atoms with Crippen LogP contribution in [0.2, 0.25) is 0 Å². The maximum atomic E-state index is 11.9. The Morgan fingerprint density at radius 3 is 2.67 bits per heavy atom. The molecule has 1 aromatic carbocycles. The minimum atomic E-state index is -0.657. The Hall–Kier alpha value is -1.78. The van der Waals surface area contributed by atoms with E-state index in [0.29, 0.717) is 14.9 Å². The molecule has 24 heavy (non-hydrogen) atoms. The molecule has 0 saturated heterocycles. The number of carbonyl (C=O) groups is 2. The predicted molar refractivity (Wildman–Crippen MR) is 96.5 cm³/mol. The van der Waals surface area contributed by atoms with E-state index in [1.807, 2.05) is 0 Å². The van der Waals surface area contributed by atoms with Crippen molar-refractivity contribution in [3.05, 3.63) is 53.1 Å². The molecule has 0 aliphatic heterocycles. The summed E-state index contributed by atoms with van der Waals surface area (Å²) in [5.74, 6) is -1.31. The van der Waals surface area contributed by atoms with E-state index in [1.54, 1.807) is 19.1 Å². The zero-order valence-corrected chi connectivity index (χ0v) is 16.2. The van der Waals surface area contributed by atoms with Crippen LogP contribution in [0.25, 0.3) is 0 Å². The van der Waals surface area contributed by atoms with Crippen LogP contribution >= 0.6 is 43.2 Å². The second-order valence-corrected chi connectivity index (χ2v) is 7.81. The number of anilines is 1. The average Bonchev–Trinajstić information content (AvgIpc) is 2.86. The van der Waals surface area contributed by atoms with Crippen molar-refractivity contribution in [1.29, 1.82) is 0 Å². The molecule has 0 radical (unpaired) electrons. The molecular formula is C14H10Br2N2O5S. The maximum Gasteiger partial charge on any atom is 0.348 e. The lowest BCUT2D eigenvalue weighted by atomic mass is 10.1. The van der Waals surface area contributed by atoms with Crippen molar-refractivity contribution in [2.24, 2.45) is 0 Å². The van der Waals surface area contributed by atoms with Gasteiger partial charge < -0.3 is 10.1 Å². The molecule has 1 heterocycles. The number of nitrogens with one attached hydrogen (secondary N) is 1. The van der Waals surface area contributed by atoms with Crippen LogP contribution in [-0.2, 0) is 9.53 Å². The standard InChI is InChI=1S/C14H10Br2N2O5S/c1-7-3-2-4-9(18(21)22)12(7)17-11(19)6-23-14(20)10-5-8(15)13(16)24-10/h2-5H,6H2,1H3,(H,17,19). The first kappa shape index (κ1) is 18.6. The van der Waals surface area contributed by atoms with E-state index in [-0.39, 0.29) is 11.4 Å². The fourth-order valence-corrected chi connectivity index (χ4v) is 3.72. The number of nitrogens with zero attached hydrogens (tertiary/aromatic N) is 1. The number of rotatable bonds is 5. The summed E-state index contributed by atoms with van der Waals surface area (Å²) in [5, 5.41) is 13.4. The number of para-hydroxylation sites is 1. The third-order valence-corrected chi connectivity index (χ3v) is 6.13. The van der Waals surface area contributed by atoms with Crippen molar-refractivity contribution < 1.29 is 19.2 Å². The Bertz CT molecular complexity index is 802. The number of nitro groups is 1. The topological polar surface area (TPSA) is 98.5 Å². The zero-order chi connectivity index (χ0) is 17.9. The van der Waals surface area contributed by atoms with E-state index in [4.69, 9.17) is 4.74 Å². The van der Waals surface area contributed by atoms with Gasteiger partial charge in [0.05, 0.1) is 8.71 Å². The van der Waals surface area contributed by atoms with Crippen molar-refractivity contribution in [1.82, 2.24) is 0 Å². The molecule has 0 aliphatic rings. The number of thiophene rings is 1. The molecular weight excluding hydrogens is 468 g/mol. The summed E-state index contributed by atoms with van der Waals surface area (Å²) < 4.78 is 6.36. The number of nitro benzene ring substituents is 1. The highest BCUT2D eigenvalue weighted by Crippen LogP contribution is 2.32. The molecule has 126 valence electrons. The van der Waals surface area contributed by atoms with Gasteiger partial charge in [0, 0.05) is 10.5 Å². The number of esters is 1. The molecule has 0 spiro atoms. The lowest BCUT2D eigenvalue weighted by Crippen LogP contribution is -2.21. The summed E-state index contributed by atoms with van der Waals surface area (Å²) in [4.78, 5) is 34.5. The molecule has 0 unspecified atom stereocenters. The normalized spacial score (nSPS) is 10.3.